The molecule has 0 aliphatic heterocycles. The number of benzene rings is 1. The van der Waals surface area contributed by atoms with Gasteiger partial charge in [-0.05, 0) is 19.1 Å². The normalized spacial score (nSPS) is 12.2. The van der Waals surface area contributed by atoms with Gasteiger partial charge in [-0.25, -0.2) is 4.98 Å². The van der Waals surface area contributed by atoms with E-state index in [1.165, 1.54) is 0 Å². The average molecular weight is 272 g/mol. The molecule has 0 aliphatic carbocycles. The predicted molar refractivity (Wildman–Crippen MR) is 82.7 cm³/mol. The number of anilines is 1. The Kier molecular flexibility index (Phi) is 4.08. The number of nitrogens with two attached hydrogens (primary N) is 1. The van der Waals surface area contributed by atoms with Gasteiger partial charge in [0.1, 0.15) is 11.6 Å². The highest BCUT2D eigenvalue weighted by molar-refractivity contribution is 5.96. The molecule has 1 heterocycles. The Balaban J connectivity index is 2.46. The van der Waals surface area contributed by atoms with Crippen LogP contribution >= 0.6 is 0 Å². The van der Waals surface area contributed by atoms with Crippen LogP contribution in [0.4, 0.5) is 5.82 Å². The maximum atomic E-state index is 7.42. The van der Waals surface area contributed by atoms with Crippen LogP contribution in [0.15, 0.2) is 30.5 Å². The summed E-state index contributed by atoms with van der Waals surface area (Å²) in [5, 5.41) is 9.48. The van der Waals surface area contributed by atoms with Crippen LogP contribution in [-0.2, 0) is 0 Å². The highest BCUT2D eigenvalue weighted by Crippen LogP contribution is 2.31. The van der Waals surface area contributed by atoms with Crippen LogP contribution in [0.25, 0.3) is 10.8 Å². The summed E-state index contributed by atoms with van der Waals surface area (Å²) in [4.78, 5) is 6.51. The maximum absolute atomic E-state index is 7.42. The Hall–Kier alpha value is -2.30. The molecule has 0 bridgehead atoms. The fourth-order valence-electron chi connectivity index (χ4n) is 2.29. The lowest BCUT2D eigenvalue weighted by atomic mass is 10.1. The zero-order chi connectivity index (χ0) is 14.7. The molecule has 0 radical (unpaired) electrons. The van der Waals surface area contributed by atoms with E-state index in [9.17, 15) is 0 Å². The molecule has 0 fully saturated rings. The predicted octanol–water partition coefficient (Wildman–Crippen LogP) is 2.39. The second-order valence-electron chi connectivity index (χ2n) is 4.88. The summed E-state index contributed by atoms with van der Waals surface area (Å²) in [7, 11) is 3.63. The van der Waals surface area contributed by atoms with Crippen LogP contribution in [0.5, 0.6) is 5.75 Å². The molecular weight excluding hydrogens is 252 g/mol. The third kappa shape index (κ3) is 2.66. The van der Waals surface area contributed by atoms with Gasteiger partial charge in [0.15, 0.2) is 0 Å². The Morgan fingerprint density at radius 3 is 2.80 bits per heavy atom. The van der Waals surface area contributed by atoms with Gasteiger partial charge in [-0.2, -0.15) is 0 Å². The van der Waals surface area contributed by atoms with Gasteiger partial charge in [-0.15, -0.1) is 0 Å². The number of ether oxygens (including phenoxy) is 1. The third-order valence-corrected chi connectivity index (χ3v) is 3.48. The van der Waals surface area contributed by atoms with Crippen molar-refractivity contribution in [1.29, 1.82) is 5.41 Å². The van der Waals surface area contributed by atoms with Crippen LogP contribution in [0.2, 0.25) is 0 Å². The van der Waals surface area contributed by atoms with E-state index in [1.807, 2.05) is 43.1 Å². The molecule has 106 valence electrons. The Labute approximate surface area is 118 Å². The largest absolute Gasteiger partial charge is 0.496 e. The second kappa shape index (κ2) is 5.77. The van der Waals surface area contributed by atoms with Crippen molar-refractivity contribution in [3.8, 4) is 5.75 Å². The van der Waals surface area contributed by atoms with Gasteiger partial charge in [-0.1, -0.05) is 12.1 Å². The number of nitrogens with zero attached hydrogens (tertiary/aromatic N) is 2. The number of methoxy groups -OCH3 is 1. The molecule has 20 heavy (non-hydrogen) atoms. The van der Waals surface area contributed by atoms with Crippen LogP contribution in [0.1, 0.15) is 13.3 Å². The zero-order valence-corrected chi connectivity index (χ0v) is 12.1. The summed E-state index contributed by atoms with van der Waals surface area (Å²) >= 11 is 0. The average Bonchev–Trinajstić information content (AvgIpc) is 2.44. The standard InChI is InChI=1S/C15H20N4O/c1-10(9-14(16)17)19(2)15-12-5-4-6-13(20-3)11(12)7-8-18-15/h4-8,10H,9H2,1-3H3,(H3,16,17). The minimum Gasteiger partial charge on any atom is -0.496 e. The zero-order valence-electron chi connectivity index (χ0n) is 12.1. The summed E-state index contributed by atoms with van der Waals surface area (Å²) in [6, 6.07) is 7.97. The molecule has 5 heteroatoms. The van der Waals surface area contributed by atoms with Gasteiger partial charge >= 0.3 is 0 Å². The fourth-order valence-corrected chi connectivity index (χ4v) is 2.29. The molecule has 5 nitrogen and oxygen atoms in total. The molecule has 2 rings (SSSR count). The molecule has 0 amide bonds. The van der Waals surface area contributed by atoms with E-state index in [0.717, 1.165) is 22.3 Å². The fraction of sp³-hybridized carbons (Fsp3) is 0.333. The molecule has 2 aromatic rings. The van der Waals surface area contributed by atoms with Crippen LogP contribution < -0.4 is 15.4 Å². The van der Waals surface area contributed by atoms with Crippen molar-refractivity contribution >= 4 is 22.4 Å². The number of pyridine rings is 1. The van der Waals surface area contributed by atoms with E-state index in [1.54, 1.807) is 13.3 Å². The van der Waals surface area contributed by atoms with Crippen molar-refractivity contribution in [3.05, 3.63) is 30.5 Å². The van der Waals surface area contributed by atoms with Gasteiger partial charge in [0.25, 0.3) is 0 Å². The first-order valence-corrected chi connectivity index (χ1v) is 6.52. The summed E-state index contributed by atoms with van der Waals surface area (Å²) in [5.74, 6) is 1.89. The molecule has 0 saturated carbocycles. The molecule has 1 aromatic heterocycles. The Morgan fingerprint density at radius 2 is 2.15 bits per heavy atom. The van der Waals surface area contributed by atoms with Crippen molar-refractivity contribution in [1.82, 2.24) is 4.98 Å². The van der Waals surface area contributed by atoms with E-state index in [0.29, 0.717) is 6.42 Å². The van der Waals surface area contributed by atoms with E-state index in [4.69, 9.17) is 15.9 Å². The van der Waals surface area contributed by atoms with E-state index in [-0.39, 0.29) is 11.9 Å². The molecule has 0 spiro atoms. The van der Waals surface area contributed by atoms with Crippen molar-refractivity contribution in [2.24, 2.45) is 5.73 Å². The van der Waals surface area contributed by atoms with Crippen LogP contribution in [0.3, 0.4) is 0 Å². The summed E-state index contributed by atoms with van der Waals surface area (Å²) in [5.41, 5.74) is 5.48. The van der Waals surface area contributed by atoms with Gasteiger partial charge < -0.3 is 15.4 Å². The monoisotopic (exact) mass is 272 g/mol. The third-order valence-electron chi connectivity index (χ3n) is 3.48. The number of hydrogen-bond acceptors (Lipinski definition) is 4. The topological polar surface area (TPSA) is 75.2 Å². The van der Waals surface area contributed by atoms with Crippen molar-refractivity contribution in [2.75, 3.05) is 19.1 Å². The van der Waals surface area contributed by atoms with Gasteiger partial charge in [0, 0.05) is 36.5 Å². The quantitative estimate of drug-likeness (QED) is 0.647. The number of nitrogens with one attached hydrogen (secondary N) is 1. The molecule has 1 unspecified atom stereocenters. The Bertz CT molecular complexity index is 626. The highest BCUT2D eigenvalue weighted by Gasteiger charge is 2.15. The highest BCUT2D eigenvalue weighted by atomic mass is 16.5. The lowest BCUT2D eigenvalue weighted by Gasteiger charge is -2.26. The van der Waals surface area contributed by atoms with E-state index >= 15 is 0 Å². The minimum absolute atomic E-state index is 0.108. The molecule has 0 saturated heterocycles. The number of amidine groups is 1. The summed E-state index contributed by atoms with van der Waals surface area (Å²) in [6.07, 6.45) is 2.29. The number of rotatable bonds is 5. The van der Waals surface area contributed by atoms with Crippen molar-refractivity contribution in [2.45, 2.75) is 19.4 Å². The number of hydrogen-bond donors (Lipinski definition) is 2. The van der Waals surface area contributed by atoms with Gasteiger partial charge in [0.05, 0.1) is 12.9 Å². The van der Waals surface area contributed by atoms with E-state index < -0.39 is 0 Å². The van der Waals surface area contributed by atoms with Gasteiger partial charge in [-0.3, -0.25) is 5.41 Å². The molecule has 3 N–H and O–H groups in total. The van der Waals surface area contributed by atoms with Crippen molar-refractivity contribution in [3.63, 3.8) is 0 Å². The minimum atomic E-state index is 0.108. The van der Waals surface area contributed by atoms with Crippen LogP contribution in [-0.4, -0.2) is 31.0 Å². The molecular formula is C15H20N4O. The van der Waals surface area contributed by atoms with Crippen LogP contribution in [0, 0.1) is 5.41 Å². The summed E-state index contributed by atoms with van der Waals surface area (Å²) in [6.45, 7) is 2.03. The summed E-state index contributed by atoms with van der Waals surface area (Å²) < 4.78 is 5.39. The first kappa shape index (κ1) is 14.1. The lowest BCUT2D eigenvalue weighted by Crippen LogP contribution is -2.33. The molecule has 1 atom stereocenters. The lowest BCUT2D eigenvalue weighted by molar-refractivity contribution is 0.420. The van der Waals surface area contributed by atoms with E-state index in [2.05, 4.69) is 4.98 Å². The molecule has 1 aromatic carbocycles. The maximum Gasteiger partial charge on any atom is 0.136 e. The molecule has 0 aliphatic rings. The van der Waals surface area contributed by atoms with Gasteiger partial charge in [0.2, 0.25) is 0 Å². The second-order valence-corrected chi connectivity index (χ2v) is 4.88. The first-order chi connectivity index (χ1) is 9.54. The number of fused-ring (bicyclic) bond motifs is 1. The SMILES string of the molecule is COc1cccc2c(N(C)C(C)CC(=N)N)nccc12. The van der Waals surface area contributed by atoms with Crippen molar-refractivity contribution < 1.29 is 4.74 Å². The first-order valence-electron chi connectivity index (χ1n) is 6.52. The smallest absolute Gasteiger partial charge is 0.136 e. The number of aromatic nitrogens is 1. The Morgan fingerprint density at radius 1 is 1.40 bits per heavy atom.